The lowest BCUT2D eigenvalue weighted by Crippen LogP contribution is -2.58. The van der Waals surface area contributed by atoms with Crippen LogP contribution < -0.4 is 11.3 Å². The van der Waals surface area contributed by atoms with Crippen LogP contribution in [0.5, 0.6) is 0 Å². The first-order valence-corrected chi connectivity index (χ1v) is 15.2. The van der Waals surface area contributed by atoms with Gasteiger partial charge in [0.25, 0.3) is 11.5 Å². The highest BCUT2D eigenvalue weighted by Gasteiger charge is 2.44. The lowest BCUT2D eigenvalue weighted by molar-refractivity contribution is -0.140. The van der Waals surface area contributed by atoms with Crippen LogP contribution in [0.25, 0.3) is 11.0 Å². The lowest BCUT2D eigenvalue weighted by atomic mass is 9.76. The van der Waals surface area contributed by atoms with Crippen LogP contribution in [-0.2, 0) is 14.4 Å². The Morgan fingerprint density at radius 1 is 1.05 bits per heavy atom. The van der Waals surface area contributed by atoms with Crippen molar-refractivity contribution in [3.8, 4) is 0 Å². The number of carboxylic acids is 1. The van der Waals surface area contributed by atoms with E-state index in [2.05, 4.69) is 22.0 Å². The Balaban J connectivity index is 1.52. The number of carboxylic acid groups (broad SMARTS) is 1. The van der Waals surface area contributed by atoms with Gasteiger partial charge in [-0.2, -0.15) is 0 Å². The summed E-state index contributed by atoms with van der Waals surface area (Å²) in [6.07, 6.45) is 12.8. The van der Waals surface area contributed by atoms with Crippen LogP contribution in [0, 0.1) is 5.92 Å². The molecule has 222 valence electrons. The van der Waals surface area contributed by atoms with Crippen LogP contribution in [0.3, 0.4) is 0 Å². The molecule has 1 aromatic heterocycles. The summed E-state index contributed by atoms with van der Waals surface area (Å²) in [6.45, 7) is 5.04. The van der Waals surface area contributed by atoms with Gasteiger partial charge in [-0.15, -0.1) is 0 Å². The van der Waals surface area contributed by atoms with Gasteiger partial charge in [0.1, 0.15) is 0 Å². The van der Waals surface area contributed by atoms with Crippen molar-refractivity contribution in [3.63, 3.8) is 0 Å². The summed E-state index contributed by atoms with van der Waals surface area (Å²) in [5.74, 6) is -1.48. The Labute approximate surface area is 240 Å². The van der Waals surface area contributed by atoms with E-state index in [-0.39, 0.29) is 11.7 Å². The highest BCUT2D eigenvalue weighted by molar-refractivity contribution is 6.41. The standard InChI is InChI=1S/C31H43N5O5/c1-4-9-19-10-7-11-20(16-19)35-21-12-8-13-22(35)18-23(17-21)36-25-15-6-5-14-24(25)33-26(28(36)37)27(29(38)39)34-41-31(2,3)30(32)40/h5-6,14-15,19-23H,4,7-13,16-18H2,1-3H3,(H2,32,40)(H,38,39)/b34-27-/t19-,20-,21+,22?,23?/m0/s1. The normalized spacial score (nSPS) is 27.5. The molecule has 3 N–H and O–H groups in total. The van der Waals surface area contributed by atoms with Crippen molar-refractivity contribution in [3.05, 3.63) is 40.3 Å². The highest BCUT2D eigenvalue weighted by atomic mass is 16.7. The van der Waals surface area contributed by atoms with Gasteiger partial charge in [-0.05, 0) is 70.4 Å². The number of nitrogens with zero attached hydrogens (tertiary/aromatic N) is 4. The molecule has 3 aliphatic rings. The van der Waals surface area contributed by atoms with Crippen molar-refractivity contribution in [2.75, 3.05) is 0 Å². The number of para-hydroxylation sites is 2. The molecule has 3 fully saturated rings. The van der Waals surface area contributed by atoms with Crippen LogP contribution in [0.4, 0.5) is 0 Å². The molecule has 10 nitrogen and oxygen atoms in total. The summed E-state index contributed by atoms with van der Waals surface area (Å²) >= 11 is 0. The first kappa shape index (κ1) is 29.2. The number of benzene rings is 1. The summed E-state index contributed by atoms with van der Waals surface area (Å²) in [7, 11) is 0. The summed E-state index contributed by atoms with van der Waals surface area (Å²) in [4.78, 5) is 50.6. The number of aromatic nitrogens is 2. The molecular formula is C31H43N5O5. The van der Waals surface area contributed by atoms with E-state index in [0.717, 1.165) is 31.6 Å². The molecule has 1 amide bonds. The number of piperidine rings is 2. The molecule has 2 aromatic rings. The molecule has 5 atom stereocenters. The summed E-state index contributed by atoms with van der Waals surface area (Å²) in [6, 6.07) is 8.63. The van der Waals surface area contributed by atoms with Crippen LogP contribution in [-0.4, -0.2) is 60.9 Å². The predicted molar refractivity (Wildman–Crippen MR) is 157 cm³/mol. The number of hydrogen-bond acceptors (Lipinski definition) is 7. The molecule has 2 bridgehead atoms. The number of rotatable bonds is 9. The summed E-state index contributed by atoms with van der Waals surface area (Å²) < 4.78 is 1.75. The monoisotopic (exact) mass is 565 g/mol. The summed E-state index contributed by atoms with van der Waals surface area (Å²) in [5.41, 5.74) is 3.53. The van der Waals surface area contributed by atoms with Gasteiger partial charge in [-0.3, -0.25) is 14.5 Å². The van der Waals surface area contributed by atoms with Crippen LogP contribution in [0.2, 0.25) is 0 Å². The van der Waals surface area contributed by atoms with Gasteiger partial charge >= 0.3 is 5.97 Å². The Hall–Kier alpha value is -3.27. The van der Waals surface area contributed by atoms with Crippen molar-refractivity contribution in [2.24, 2.45) is 16.8 Å². The van der Waals surface area contributed by atoms with E-state index in [1.54, 1.807) is 10.6 Å². The predicted octanol–water partition coefficient (Wildman–Crippen LogP) is 4.38. The molecule has 10 heteroatoms. The van der Waals surface area contributed by atoms with Crippen molar-refractivity contribution < 1.29 is 19.5 Å². The molecule has 41 heavy (non-hydrogen) atoms. The molecule has 2 unspecified atom stereocenters. The smallest absolute Gasteiger partial charge is 0.360 e. The van der Waals surface area contributed by atoms with E-state index in [0.29, 0.717) is 29.2 Å². The first-order chi connectivity index (χ1) is 19.6. The number of nitrogens with two attached hydrogens (primary N) is 1. The third-order valence-electron chi connectivity index (χ3n) is 9.43. The molecule has 1 aliphatic carbocycles. The maximum Gasteiger partial charge on any atom is 0.360 e. The third-order valence-corrected chi connectivity index (χ3v) is 9.43. The topological polar surface area (TPSA) is 140 Å². The number of carbonyl (C=O) groups excluding carboxylic acids is 1. The van der Waals surface area contributed by atoms with E-state index in [9.17, 15) is 19.5 Å². The van der Waals surface area contributed by atoms with Gasteiger partial charge in [0.05, 0.1) is 11.0 Å². The minimum absolute atomic E-state index is 0.0891. The number of aliphatic carboxylic acids is 1. The van der Waals surface area contributed by atoms with Crippen molar-refractivity contribution in [1.29, 1.82) is 0 Å². The second-order valence-electron chi connectivity index (χ2n) is 12.6. The van der Waals surface area contributed by atoms with E-state index in [1.807, 2.05) is 18.2 Å². The molecule has 3 heterocycles. The Kier molecular flexibility index (Phi) is 8.50. The Morgan fingerprint density at radius 2 is 1.68 bits per heavy atom. The second-order valence-corrected chi connectivity index (χ2v) is 12.6. The second kappa shape index (κ2) is 11.9. The zero-order chi connectivity index (χ0) is 29.3. The van der Waals surface area contributed by atoms with E-state index in [1.165, 1.54) is 58.8 Å². The minimum Gasteiger partial charge on any atom is -0.476 e. The quantitative estimate of drug-likeness (QED) is 0.340. The zero-order valence-corrected chi connectivity index (χ0v) is 24.4. The molecule has 1 aromatic carbocycles. The number of carbonyl (C=O) groups is 2. The minimum atomic E-state index is -1.56. The van der Waals surface area contributed by atoms with Crippen LogP contribution in [0.1, 0.15) is 103 Å². The number of hydrogen-bond donors (Lipinski definition) is 2. The largest absolute Gasteiger partial charge is 0.476 e. The number of primary amides is 1. The Bertz CT molecular complexity index is 1370. The maximum absolute atomic E-state index is 14.1. The fourth-order valence-electron chi connectivity index (χ4n) is 7.46. The molecule has 1 saturated carbocycles. The number of fused-ring (bicyclic) bond motifs is 3. The average molecular weight is 566 g/mol. The van der Waals surface area contributed by atoms with Gasteiger partial charge in [0.15, 0.2) is 5.69 Å². The Morgan fingerprint density at radius 3 is 2.32 bits per heavy atom. The van der Waals surface area contributed by atoms with Gasteiger partial charge in [-0.1, -0.05) is 56.3 Å². The van der Waals surface area contributed by atoms with Crippen LogP contribution in [0.15, 0.2) is 34.2 Å². The van der Waals surface area contributed by atoms with E-state index in [4.69, 9.17) is 10.6 Å². The fourth-order valence-corrected chi connectivity index (χ4v) is 7.46. The molecule has 2 aliphatic heterocycles. The van der Waals surface area contributed by atoms with Gasteiger partial charge in [-0.25, -0.2) is 9.78 Å². The maximum atomic E-state index is 14.1. The van der Waals surface area contributed by atoms with Gasteiger partial charge < -0.3 is 20.2 Å². The molecule has 0 radical (unpaired) electrons. The number of amides is 1. The van der Waals surface area contributed by atoms with E-state index < -0.39 is 28.7 Å². The first-order valence-electron chi connectivity index (χ1n) is 15.2. The number of oxime groups is 1. The van der Waals surface area contributed by atoms with Crippen molar-refractivity contribution >= 4 is 28.6 Å². The lowest BCUT2D eigenvalue weighted by Gasteiger charge is -2.54. The van der Waals surface area contributed by atoms with Crippen LogP contribution >= 0.6 is 0 Å². The summed E-state index contributed by atoms with van der Waals surface area (Å²) in [5, 5.41) is 13.7. The fraction of sp³-hybridized carbons (Fsp3) is 0.645. The van der Waals surface area contributed by atoms with Crippen molar-refractivity contribution in [2.45, 2.75) is 121 Å². The molecule has 0 spiro atoms. The molecule has 5 rings (SSSR count). The molecular weight excluding hydrogens is 522 g/mol. The zero-order valence-electron chi connectivity index (χ0n) is 24.4. The highest BCUT2D eigenvalue weighted by Crippen LogP contribution is 2.44. The SMILES string of the molecule is CCC[C@H]1CCC[C@H](N2C3CCC[C@@H]2CC(n2c(=O)c(/C(=N/OC(C)(C)C(N)=O)C(=O)O)nc4ccccc42)C3)C1. The van der Waals surface area contributed by atoms with E-state index >= 15 is 0 Å². The van der Waals surface area contributed by atoms with Gasteiger partial charge in [0.2, 0.25) is 11.3 Å². The average Bonchev–Trinajstić information content (AvgIpc) is 2.93. The van der Waals surface area contributed by atoms with Gasteiger partial charge in [0, 0.05) is 24.2 Å². The van der Waals surface area contributed by atoms with Crippen molar-refractivity contribution in [1.82, 2.24) is 14.5 Å². The third kappa shape index (κ3) is 5.89. The molecule has 2 saturated heterocycles.